The van der Waals surface area contributed by atoms with Gasteiger partial charge in [-0.1, -0.05) is 42.1 Å². The normalized spacial score (nSPS) is 16.5. The van der Waals surface area contributed by atoms with Crippen LogP contribution in [-0.4, -0.2) is 41.4 Å². The largest absolute Gasteiger partial charge is 0.497 e. The summed E-state index contributed by atoms with van der Waals surface area (Å²) in [6, 6.07) is 24.1. The van der Waals surface area contributed by atoms with Crippen molar-refractivity contribution in [3.8, 4) is 11.5 Å². The molecule has 0 aliphatic carbocycles. The first-order valence-corrected chi connectivity index (χ1v) is 11.6. The lowest BCUT2D eigenvalue weighted by molar-refractivity contribution is -0.128. The Balaban J connectivity index is 1.50. The van der Waals surface area contributed by atoms with Crippen LogP contribution in [0.2, 0.25) is 0 Å². The number of carbonyl (C=O) groups excluding carboxylic acids is 2. The minimum absolute atomic E-state index is 0.0441. The third kappa shape index (κ3) is 5.77. The summed E-state index contributed by atoms with van der Waals surface area (Å²) >= 11 is 1.31. The Kier molecular flexibility index (Phi) is 7.49. The van der Waals surface area contributed by atoms with Gasteiger partial charge < -0.3 is 14.8 Å². The Morgan fingerprint density at radius 3 is 2.18 bits per heavy atom. The molecule has 0 spiro atoms. The van der Waals surface area contributed by atoms with Crippen LogP contribution >= 0.6 is 11.8 Å². The molecule has 34 heavy (non-hydrogen) atoms. The van der Waals surface area contributed by atoms with E-state index in [1.807, 2.05) is 54.6 Å². The van der Waals surface area contributed by atoms with Crippen LogP contribution in [-0.2, 0) is 16.1 Å². The zero-order valence-corrected chi connectivity index (χ0v) is 19.7. The van der Waals surface area contributed by atoms with Gasteiger partial charge in [0.2, 0.25) is 11.8 Å². The SMILES string of the molecule is COc1ccc(CN2C(=O)C(CC(=O)Nc3ccc(OC)cc3)SC2=Nc2ccccc2)cc1. The molecule has 2 amide bonds. The molecule has 1 heterocycles. The monoisotopic (exact) mass is 475 g/mol. The van der Waals surface area contributed by atoms with Gasteiger partial charge in [-0.05, 0) is 54.1 Å². The maximum Gasteiger partial charge on any atom is 0.242 e. The maximum absolute atomic E-state index is 13.3. The first-order valence-electron chi connectivity index (χ1n) is 10.7. The Bertz CT molecular complexity index is 1160. The standard InChI is InChI=1S/C26H25N3O4S/c1-32-21-12-8-18(9-13-21)17-29-25(31)23(34-26(29)28-19-6-4-3-5-7-19)16-24(30)27-20-10-14-22(33-2)15-11-20/h3-15,23H,16-17H2,1-2H3,(H,27,30). The van der Waals surface area contributed by atoms with Crippen LogP contribution in [0.1, 0.15) is 12.0 Å². The van der Waals surface area contributed by atoms with Crippen molar-refractivity contribution in [2.45, 2.75) is 18.2 Å². The van der Waals surface area contributed by atoms with Gasteiger partial charge in [-0.2, -0.15) is 0 Å². The molecule has 1 unspecified atom stereocenters. The number of nitrogens with zero attached hydrogens (tertiary/aromatic N) is 2. The summed E-state index contributed by atoms with van der Waals surface area (Å²) in [5.74, 6) is 1.08. The number of anilines is 1. The average molecular weight is 476 g/mol. The number of hydrogen-bond donors (Lipinski definition) is 1. The summed E-state index contributed by atoms with van der Waals surface area (Å²) in [5, 5.41) is 2.87. The average Bonchev–Trinajstić information content (AvgIpc) is 3.14. The molecule has 0 radical (unpaired) electrons. The fourth-order valence-corrected chi connectivity index (χ4v) is 4.61. The van der Waals surface area contributed by atoms with Gasteiger partial charge in [0.25, 0.3) is 0 Å². The van der Waals surface area contributed by atoms with Gasteiger partial charge in [-0.25, -0.2) is 4.99 Å². The third-order valence-electron chi connectivity index (χ3n) is 5.25. The summed E-state index contributed by atoms with van der Waals surface area (Å²) in [6.07, 6.45) is 0.0441. The van der Waals surface area contributed by atoms with E-state index in [2.05, 4.69) is 5.32 Å². The predicted molar refractivity (Wildman–Crippen MR) is 135 cm³/mol. The quantitative estimate of drug-likeness (QED) is 0.503. The van der Waals surface area contributed by atoms with Gasteiger partial charge in [0.15, 0.2) is 5.17 Å². The summed E-state index contributed by atoms with van der Waals surface area (Å²) in [5.41, 5.74) is 2.34. The molecule has 3 aromatic carbocycles. The fourth-order valence-electron chi connectivity index (χ4n) is 3.45. The minimum Gasteiger partial charge on any atom is -0.497 e. The van der Waals surface area contributed by atoms with Crippen LogP contribution in [0.4, 0.5) is 11.4 Å². The molecule has 1 atom stereocenters. The van der Waals surface area contributed by atoms with Crippen molar-refractivity contribution in [2.24, 2.45) is 4.99 Å². The molecule has 1 fully saturated rings. The van der Waals surface area contributed by atoms with Gasteiger partial charge in [-0.15, -0.1) is 0 Å². The molecular formula is C26H25N3O4S. The minimum atomic E-state index is -0.557. The zero-order valence-electron chi connectivity index (χ0n) is 18.9. The molecule has 0 bridgehead atoms. The number of hydrogen-bond acceptors (Lipinski definition) is 6. The number of carbonyl (C=O) groups is 2. The molecule has 7 nitrogen and oxygen atoms in total. The highest BCUT2D eigenvalue weighted by Gasteiger charge is 2.39. The van der Waals surface area contributed by atoms with E-state index >= 15 is 0 Å². The highest BCUT2D eigenvalue weighted by Crippen LogP contribution is 2.33. The zero-order chi connectivity index (χ0) is 23.9. The Morgan fingerprint density at radius 1 is 0.941 bits per heavy atom. The number of thioether (sulfide) groups is 1. The van der Waals surface area contributed by atoms with Crippen LogP contribution in [0.15, 0.2) is 83.9 Å². The van der Waals surface area contributed by atoms with Crippen LogP contribution in [0.25, 0.3) is 0 Å². The Labute approximate surface area is 202 Å². The number of rotatable bonds is 8. The summed E-state index contributed by atoms with van der Waals surface area (Å²) < 4.78 is 10.4. The molecule has 1 aliphatic heterocycles. The van der Waals surface area contributed by atoms with E-state index in [-0.39, 0.29) is 18.2 Å². The number of methoxy groups -OCH3 is 2. The predicted octanol–water partition coefficient (Wildman–Crippen LogP) is 4.86. The summed E-state index contributed by atoms with van der Waals surface area (Å²) in [6.45, 7) is 0.359. The van der Waals surface area contributed by atoms with Gasteiger partial charge >= 0.3 is 0 Å². The number of benzene rings is 3. The molecular weight excluding hydrogens is 450 g/mol. The van der Waals surface area contributed by atoms with Gasteiger partial charge in [0.1, 0.15) is 16.7 Å². The Hall–Kier alpha value is -3.78. The van der Waals surface area contributed by atoms with Crippen LogP contribution in [0.5, 0.6) is 11.5 Å². The lowest BCUT2D eigenvalue weighted by Crippen LogP contribution is -2.33. The molecule has 8 heteroatoms. The van der Waals surface area contributed by atoms with Crippen molar-refractivity contribution in [3.63, 3.8) is 0 Å². The number of amides is 2. The van der Waals surface area contributed by atoms with Crippen molar-refractivity contribution in [2.75, 3.05) is 19.5 Å². The molecule has 1 aliphatic rings. The molecule has 3 aromatic rings. The van der Waals surface area contributed by atoms with E-state index in [4.69, 9.17) is 14.5 Å². The second-order valence-electron chi connectivity index (χ2n) is 7.59. The van der Waals surface area contributed by atoms with E-state index in [1.54, 1.807) is 43.4 Å². The van der Waals surface area contributed by atoms with E-state index in [0.717, 1.165) is 17.0 Å². The molecule has 4 rings (SSSR count). The molecule has 1 N–H and O–H groups in total. The number of nitrogens with one attached hydrogen (secondary N) is 1. The van der Waals surface area contributed by atoms with E-state index < -0.39 is 5.25 Å². The second kappa shape index (κ2) is 10.9. The first-order chi connectivity index (χ1) is 16.6. The molecule has 0 saturated carbocycles. The lowest BCUT2D eigenvalue weighted by Gasteiger charge is -2.17. The smallest absolute Gasteiger partial charge is 0.242 e. The number of aliphatic imine (C=N–C) groups is 1. The molecule has 1 saturated heterocycles. The van der Waals surface area contributed by atoms with Crippen molar-refractivity contribution in [1.82, 2.24) is 4.90 Å². The summed E-state index contributed by atoms with van der Waals surface area (Å²) in [7, 11) is 3.20. The topological polar surface area (TPSA) is 80.2 Å². The van der Waals surface area contributed by atoms with Crippen LogP contribution < -0.4 is 14.8 Å². The Morgan fingerprint density at radius 2 is 1.56 bits per heavy atom. The molecule has 174 valence electrons. The maximum atomic E-state index is 13.3. The van der Waals surface area contributed by atoms with Gasteiger partial charge in [0, 0.05) is 12.1 Å². The van der Waals surface area contributed by atoms with Gasteiger partial charge in [-0.3, -0.25) is 14.5 Å². The van der Waals surface area contributed by atoms with Crippen LogP contribution in [0, 0.1) is 0 Å². The number of ether oxygens (including phenoxy) is 2. The van der Waals surface area contributed by atoms with E-state index in [9.17, 15) is 9.59 Å². The highest BCUT2D eigenvalue weighted by molar-refractivity contribution is 8.15. The van der Waals surface area contributed by atoms with Crippen molar-refractivity contribution in [3.05, 3.63) is 84.4 Å². The van der Waals surface area contributed by atoms with Crippen molar-refractivity contribution >= 4 is 40.1 Å². The van der Waals surface area contributed by atoms with Crippen LogP contribution in [0.3, 0.4) is 0 Å². The first kappa shape index (κ1) is 23.4. The summed E-state index contributed by atoms with van der Waals surface area (Å²) in [4.78, 5) is 32.3. The lowest BCUT2D eigenvalue weighted by atomic mass is 10.2. The number of para-hydroxylation sites is 1. The fraction of sp³-hybridized carbons (Fsp3) is 0.192. The molecule has 0 aromatic heterocycles. The van der Waals surface area contributed by atoms with E-state index in [1.165, 1.54) is 11.8 Å². The van der Waals surface area contributed by atoms with Crippen molar-refractivity contribution < 1.29 is 19.1 Å². The van der Waals surface area contributed by atoms with Crippen molar-refractivity contribution in [1.29, 1.82) is 0 Å². The second-order valence-corrected chi connectivity index (χ2v) is 8.76. The third-order valence-corrected chi connectivity index (χ3v) is 6.42. The highest BCUT2D eigenvalue weighted by atomic mass is 32.2. The van der Waals surface area contributed by atoms with Gasteiger partial charge in [0.05, 0.1) is 26.5 Å². The number of amidine groups is 1. The van der Waals surface area contributed by atoms with E-state index in [0.29, 0.717) is 23.1 Å².